The van der Waals surface area contributed by atoms with E-state index in [9.17, 15) is 10.1 Å². The predicted molar refractivity (Wildman–Crippen MR) is 78.2 cm³/mol. The molecule has 0 aliphatic heterocycles. The summed E-state index contributed by atoms with van der Waals surface area (Å²) in [4.78, 5) is 10.2. The summed E-state index contributed by atoms with van der Waals surface area (Å²) in [6.07, 6.45) is -0.245. The van der Waals surface area contributed by atoms with Crippen LogP contribution in [0.25, 0.3) is 0 Å². The molecule has 0 amide bonds. The van der Waals surface area contributed by atoms with Crippen molar-refractivity contribution in [1.82, 2.24) is 10.6 Å². The zero-order valence-electron chi connectivity index (χ0n) is 12.4. The van der Waals surface area contributed by atoms with Crippen LogP contribution in [0.4, 0.5) is 5.69 Å². The third kappa shape index (κ3) is 6.10. The van der Waals surface area contributed by atoms with E-state index in [0.29, 0.717) is 18.7 Å². The van der Waals surface area contributed by atoms with Gasteiger partial charge in [0.25, 0.3) is 5.69 Å². The molecule has 0 spiro atoms. The van der Waals surface area contributed by atoms with Crippen molar-refractivity contribution >= 4 is 5.69 Å². The second-order valence-corrected chi connectivity index (χ2v) is 5.26. The predicted octanol–water partition coefficient (Wildman–Crippen LogP) is 2.39. The number of nitrogens with zero attached hydrogens (tertiary/aromatic N) is 1. The van der Waals surface area contributed by atoms with Gasteiger partial charge in [0.1, 0.15) is 0 Å². The van der Waals surface area contributed by atoms with Crippen molar-refractivity contribution in [3.8, 4) is 0 Å². The minimum absolute atomic E-state index is 0.0888. The normalized spacial score (nSPS) is 11.6. The summed E-state index contributed by atoms with van der Waals surface area (Å²) in [6.45, 7) is 8.57. The van der Waals surface area contributed by atoms with Gasteiger partial charge in [-0.05, 0) is 45.4 Å². The number of non-ortho nitro benzene ring substituents is 1. The van der Waals surface area contributed by atoms with Crippen LogP contribution in [0, 0.1) is 10.1 Å². The van der Waals surface area contributed by atoms with E-state index in [1.54, 1.807) is 12.1 Å². The fourth-order valence-corrected chi connectivity index (χ4v) is 1.64. The number of hydrogen-bond acceptors (Lipinski definition) is 5. The van der Waals surface area contributed by atoms with E-state index in [-0.39, 0.29) is 12.0 Å². The monoisotopic (exact) mass is 281 g/mol. The van der Waals surface area contributed by atoms with Gasteiger partial charge in [0, 0.05) is 24.2 Å². The Balaban J connectivity index is 2.55. The lowest BCUT2D eigenvalue weighted by Gasteiger charge is -2.24. The molecule has 0 aliphatic carbocycles. The van der Waals surface area contributed by atoms with Crippen molar-refractivity contribution < 1.29 is 9.66 Å². The highest BCUT2D eigenvalue weighted by Crippen LogP contribution is 2.12. The highest BCUT2D eigenvalue weighted by molar-refractivity contribution is 5.32. The van der Waals surface area contributed by atoms with Gasteiger partial charge >= 0.3 is 0 Å². The Morgan fingerprint density at radius 1 is 1.10 bits per heavy atom. The Kier molecular flexibility index (Phi) is 6.57. The average Bonchev–Trinajstić information content (AvgIpc) is 2.35. The van der Waals surface area contributed by atoms with E-state index in [0.717, 1.165) is 5.56 Å². The van der Waals surface area contributed by atoms with Crippen LogP contribution < -0.4 is 10.6 Å². The summed E-state index contributed by atoms with van der Waals surface area (Å²) in [6, 6.07) is 6.98. The topological polar surface area (TPSA) is 76.4 Å². The summed E-state index contributed by atoms with van der Waals surface area (Å²) in [5.41, 5.74) is 0.989. The molecule has 0 aromatic heterocycles. The van der Waals surface area contributed by atoms with Crippen molar-refractivity contribution in [3.05, 3.63) is 39.9 Å². The van der Waals surface area contributed by atoms with E-state index in [4.69, 9.17) is 4.74 Å². The highest BCUT2D eigenvalue weighted by atomic mass is 16.6. The minimum atomic E-state index is -0.409. The molecule has 0 aliphatic rings. The van der Waals surface area contributed by atoms with Gasteiger partial charge in [-0.2, -0.15) is 0 Å². The van der Waals surface area contributed by atoms with E-state index >= 15 is 0 Å². The first kappa shape index (κ1) is 16.6. The minimum Gasteiger partial charge on any atom is -0.345 e. The van der Waals surface area contributed by atoms with E-state index in [2.05, 4.69) is 10.6 Å². The molecule has 6 heteroatoms. The lowest BCUT2D eigenvalue weighted by molar-refractivity contribution is -0.384. The second-order valence-electron chi connectivity index (χ2n) is 5.26. The molecule has 0 atom stereocenters. The van der Waals surface area contributed by atoms with Gasteiger partial charge in [0.15, 0.2) is 6.35 Å². The summed E-state index contributed by atoms with van der Waals surface area (Å²) < 4.78 is 5.76. The number of benzene rings is 1. The number of nitro groups is 1. The maximum Gasteiger partial charge on any atom is 0.269 e. The Morgan fingerprint density at radius 2 is 1.60 bits per heavy atom. The van der Waals surface area contributed by atoms with Crippen molar-refractivity contribution in [1.29, 1.82) is 0 Å². The maximum atomic E-state index is 10.6. The quantitative estimate of drug-likeness (QED) is 0.434. The van der Waals surface area contributed by atoms with Crippen LogP contribution in [0.3, 0.4) is 0 Å². The first-order chi connectivity index (χ1) is 9.38. The van der Waals surface area contributed by atoms with Gasteiger partial charge in [-0.15, -0.1) is 0 Å². The molecule has 2 N–H and O–H groups in total. The molecular weight excluding hydrogens is 258 g/mol. The zero-order valence-corrected chi connectivity index (χ0v) is 12.4. The first-order valence-corrected chi connectivity index (χ1v) is 6.75. The fraction of sp³-hybridized carbons (Fsp3) is 0.571. The number of rotatable bonds is 8. The van der Waals surface area contributed by atoms with Crippen LogP contribution in [-0.4, -0.2) is 23.4 Å². The summed E-state index contributed by atoms with van der Waals surface area (Å²) >= 11 is 0. The van der Waals surface area contributed by atoms with E-state index in [1.165, 1.54) is 12.1 Å². The van der Waals surface area contributed by atoms with Crippen LogP contribution in [0.5, 0.6) is 0 Å². The lowest BCUT2D eigenvalue weighted by Crippen LogP contribution is -2.49. The van der Waals surface area contributed by atoms with Gasteiger partial charge < -0.3 is 4.74 Å². The Bertz CT molecular complexity index is 408. The van der Waals surface area contributed by atoms with Gasteiger partial charge in [0.05, 0.1) is 11.5 Å². The van der Waals surface area contributed by atoms with Crippen LogP contribution in [0.2, 0.25) is 0 Å². The zero-order chi connectivity index (χ0) is 15.1. The third-order valence-corrected chi connectivity index (χ3v) is 2.53. The smallest absolute Gasteiger partial charge is 0.269 e. The van der Waals surface area contributed by atoms with Gasteiger partial charge in [-0.3, -0.25) is 20.7 Å². The molecule has 6 nitrogen and oxygen atoms in total. The van der Waals surface area contributed by atoms with E-state index in [1.807, 2.05) is 27.7 Å². The van der Waals surface area contributed by atoms with Gasteiger partial charge in [-0.25, -0.2) is 0 Å². The van der Waals surface area contributed by atoms with Gasteiger partial charge in [-0.1, -0.05) is 0 Å². The van der Waals surface area contributed by atoms with Crippen molar-refractivity contribution in [2.24, 2.45) is 0 Å². The number of nitro benzene ring substituents is 1. The molecule has 0 saturated heterocycles. The lowest BCUT2D eigenvalue weighted by atomic mass is 10.2. The molecule has 0 heterocycles. The summed E-state index contributed by atoms with van der Waals surface area (Å²) in [5.74, 6) is 0. The fourth-order valence-electron chi connectivity index (χ4n) is 1.64. The third-order valence-electron chi connectivity index (χ3n) is 2.53. The number of nitrogens with one attached hydrogen (secondary N) is 2. The first-order valence-electron chi connectivity index (χ1n) is 6.75. The van der Waals surface area contributed by atoms with Crippen LogP contribution in [0.1, 0.15) is 33.3 Å². The maximum absolute atomic E-state index is 10.6. The van der Waals surface area contributed by atoms with Crippen LogP contribution in [0.15, 0.2) is 24.3 Å². The Hall–Kier alpha value is -1.50. The number of hydrogen-bond donors (Lipinski definition) is 2. The van der Waals surface area contributed by atoms with Crippen molar-refractivity contribution in [2.45, 2.75) is 52.7 Å². The van der Waals surface area contributed by atoms with Crippen LogP contribution >= 0.6 is 0 Å². The molecular formula is C14H23N3O3. The molecule has 0 radical (unpaired) electrons. The van der Waals surface area contributed by atoms with Crippen LogP contribution in [-0.2, 0) is 11.3 Å². The van der Waals surface area contributed by atoms with E-state index < -0.39 is 4.92 Å². The molecule has 20 heavy (non-hydrogen) atoms. The molecule has 0 saturated carbocycles. The highest BCUT2D eigenvalue weighted by Gasteiger charge is 2.11. The summed E-state index contributed by atoms with van der Waals surface area (Å²) in [7, 11) is 0. The summed E-state index contributed by atoms with van der Waals surface area (Å²) in [5, 5.41) is 17.1. The standard InChI is InChI=1S/C14H23N3O3/c1-10(2)15-14(16-11(3)4)20-9-12-5-7-13(8-6-12)17(18)19/h5-8,10-11,14-16H,9H2,1-4H3. The molecule has 0 bridgehead atoms. The Labute approximate surface area is 119 Å². The largest absolute Gasteiger partial charge is 0.345 e. The molecule has 1 aromatic rings. The van der Waals surface area contributed by atoms with Gasteiger partial charge in [0.2, 0.25) is 0 Å². The molecule has 0 fully saturated rings. The molecule has 112 valence electrons. The van der Waals surface area contributed by atoms with Crippen molar-refractivity contribution in [3.63, 3.8) is 0 Å². The average molecular weight is 281 g/mol. The molecule has 1 rings (SSSR count). The molecule has 1 aromatic carbocycles. The Morgan fingerprint density at radius 3 is 2.00 bits per heavy atom. The number of ether oxygens (including phenoxy) is 1. The SMILES string of the molecule is CC(C)NC(NC(C)C)OCc1ccc([N+](=O)[O-])cc1. The van der Waals surface area contributed by atoms with Crippen molar-refractivity contribution in [2.75, 3.05) is 0 Å². The second kappa shape index (κ2) is 7.94. The molecule has 0 unspecified atom stereocenters.